The van der Waals surface area contributed by atoms with Gasteiger partial charge in [0.05, 0.1) is 0 Å². The van der Waals surface area contributed by atoms with Gasteiger partial charge in [0.1, 0.15) is 11.7 Å². The van der Waals surface area contributed by atoms with Crippen molar-refractivity contribution < 1.29 is 19.2 Å². The molecule has 2 N–H and O–H groups in total. The number of carbonyl (C=O) groups is 4. The fourth-order valence-corrected chi connectivity index (χ4v) is 3.70. The van der Waals surface area contributed by atoms with Gasteiger partial charge >= 0.3 is 0 Å². The molecule has 4 amide bonds. The van der Waals surface area contributed by atoms with Crippen molar-refractivity contribution >= 4 is 35.2 Å². The lowest BCUT2D eigenvalue weighted by Gasteiger charge is -2.29. The summed E-state index contributed by atoms with van der Waals surface area (Å²) < 4.78 is 0. The maximum Gasteiger partial charge on any atom is 0.270 e. The fourth-order valence-electron chi connectivity index (χ4n) is 3.54. The van der Waals surface area contributed by atoms with Crippen molar-refractivity contribution in [3.63, 3.8) is 0 Å². The van der Waals surface area contributed by atoms with E-state index in [9.17, 15) is 19.2 Å². The number of imide groups is 1. The van der Waals surface area contributed by atoms with Crippen molar-refractivity contribution in [2.75, 3.05) is 0 Å². The normalized spacial score (nSPS) is 18.4. The van der Waals surface area contributed by atoms with Crippen molar-refractivity contribution in [1.29, 1.82) is 0 Å². The molecule has 29 heavy (non-hydrogen) atoms. The van der Waals surface area contributed by atoms with Gasteiger partial charge in [0.25, 0.3) is 11.8 Å². The van der Waals surface area contributed by atoms with Crippen LogP contribution in [-0.4, -0.2) is 39.6 Å². The molecule has 0 saturated carbocycles. The van der Waals surface area contributed by atoms with Gasteiger partial charge in [-0.05, 0) is 35.7 Å². The molecule has 0 spiro atoms. The SMILES string of the molecule is O=C1CCC(N2Cc3cc(CNC(=O)c4cc(Cl)ccn4)ccc3C2=O)C(=O)N1. The maximum atomic E-state index is 12.7. The van der Waals surface area contributed by atoms with Crippen LogP contribution < -0.4 is 10.6 Å². The van der Waals surface area contributed by atoms with E-state index < -0.39 is 11.9 Å². The minimum absolute atomic E-state index is 0.214. The third-order valence-electron chi connectivity index (χ3n) is 5.00. The summed E-state index contributed by atoms with van der Waals surface area (Å²) in [6.45, 7) is 0.547. The second-order valence-corrected chi connectivity index (χ2v) is 7.37. The molecule has 4 rings (SSSR count). The average molecular weight is 413 g/mol. The van der Waals surface area contributed by atoms with E-state index in [-0.39, 0.29) is 42.9 Å². The van der Waals surface area contributed by atoms with Crippen molar-refractivity contribution in [2.45, 2.75) is 32.0 Å². The summed E-state index contributed by atoms with van der Waals surface area (Å²) in [6, 6.07) is 7.72. The summed E-state index contributed by atoms with van der Waals surface area (Å²) in [4.78, 5) is 53.8. The molecule has 8 nitrogen and oxygen atoms in total. The molecule has 1 fully saturated rings. The lowest BCUT2D eigenvalue weighted by atomic mass is 10.0. The Morgan fingerprint density at radius 1 is 1.24 bits per heavy atom. The number of benzene rings is 1. The van der Waals surface area contributed by atoms with Gasteiger partial charge in [-0.25, -0.2) is 0 Å². The van der Waals surface area contributed by atoms with Crippen LogP contribution in [-0.2, 0) is 22.7 Å². The Hall–Kier alpha value is -3.26. The molecule has 0 radical (unpaired) electrons. The summed E-state index contributed by atoms with van der Waals surface area (Å²) >= 11 is 5.88. The smallest absolute Gasteiger partial charge is 0.270 e. The first kappa shape index (κ1) is 19.1. The molecule has 0 bridgehead atoms. The Bertz CT molecular complexity index is 1040. The van der Waals surface area contributed by atoms with Crippen molar-refractivity contribution in [1.82, 2.24) is 20.5 Å². The molecule has 0 aliphatic carbocycles. The first-order chi connectivity index (χ1) is 13.9. The molecule has 2 aromatic rings. The zero-order valence-corrected chi connectivity index (χ0v) is 16.0. The van der Waals surface area contributed by atoms with Gasteiger partial charge in [-0.2, -0.15) is 0 Å². The number of pyridine rings is 1. The largest absolute Gasteiger partial charge is 0.347 e. The molecule has 3 heterocycles. The Morgan fingerprint density at radius 3 is 2.83 bits per heavy atom. The quantitative estimate of drug-likeness (QED) is 0.738. The predicted octanol–water partition coefficient (Wildman–Crippen LogP) is 1.43. The van der Waals surface area contributed by atoms with E-state index in [1.54, 1.807) is 18.2 Å². The van der Waals surface area contributed by atoms with E-state index in [0.717, 1.165) is 11.1 Å². The molecule has 1 saturated heterocycles. The van der Waals surface area contributed by atoms with Crippen molar-refractivity contribution in [2.24, 2.45) is 0 Å². The lowest BCUT2D eigenvalue weighted by molar-refractivity contribution is -0.136. The molecule has 2 aliphatic rings. The van der Waals surface area contributed by atoms with E-state index in [1.165, 1.54) is 17.2 Å². The average Bonchev–Trinajstić information content (AvgIpc) is 3.02. The molecular formula is C20H17ClN4O4. The topological polar surface area (TPSA) is 108 Å². The summed E-state index contributed by atoms with van der Waals surface area (Å²) in [5.74, 6) is -1.34. The molecule has 9 heteroatoms. The number of amides is 4. The first-order valence-corrected chi connectivity index (χ1v) is 9.46. The van der Waals surface area contributed by atoms with Crippen molar-refractivity contribution in [3.05, 3.63) is 63.9 Å². The van der Waals surface area contributed by atoms with Crippen LogP contribution in [0.1, 0.15) is 44.8 Å². The Morgan fingerprint density at radius 2 is 2.07 bits per heavy atom. The number of hydrogen-bond donors (Lipinski definition) is 2. The summed E-state index contributed by atoms with van der Waals surface area (Å²) in [5, 5.41) is 5.48. The van der Waals surface area contributed by atoms with Gasteiger partial charge in [-0.15, -0.1) is 0 Å². The van der Waals surface area contributed by atoms with E-state index >= 15 is 0 Å². The van der Waals surface area contributed by atoms with Crippen LogP contribution in [0.5, 0.6) is 0 Å². The number of nitrogens with zero attached hydrogens (tertiary/aromatic N) is 2. The highest BCUT2D eigenvalue weighted by molar-refractivity contribution is 6.30. The van der Waals surface area contributed by atoms with Crippen LogP contribution in [0.4, 0.5) is 0 Å². The molecule has 1 unspecified atom stereocenters. The number of fused-ring (bicyclic) bond motifs is 1. The van der Waals surface area contributed by atoms with Crippen LogP contribution in [0.25, 0.3) is 0 Å². The van der Waals surface area contributed by atoms with Gasteiger partial charge in [0.2, 0.25) is 11.8 Å². The Labute approximate surface area is 171 Å². The molecule has 1 aromatic heterocycles. The summed E-state index contributed by atoms with van der Waals surface area (Å²) in [6.07, 6.45) is 1.99. The number of halogens is 1. The van der Waals surface area contributed by atoms with Crippen LogP contribution in [0, 0.1) is 0 Å². The van der Waals surface area contributed by atoms with Gasteiger partial charge in [-0.1, -0.05) is 23.7 Å². The van der Waals surface area contributed by atoms with Crippen LogP contribution in [0.3, 0.4) is 0 Å². The molecule has 1 aromatic carbocycles. The number of hydrogen-bond acceptors (Lipinski definition) is 5. The molecule has 1 atom stereocenters. The number of nitrogens with one attached hydrogen (secondary N) is 2. The third-order valence-corrected chi connectivity index (χ3v) is 5.23. The first-order valence-electron chi connectivity index (χ1n) is 9.08. The van der Waals surface area contributed by atoms with Crippen LogP contribution in [0.15, 0.2) is 36.5 Å². The minimum atomic E-state index is -0.648. The number of aromatic nitrogens is 1. The van der Waals surface area contributed by atoms with Crippen molar-refractivity contribution in [3.8, 4) is 0 Å². The third kappa shape index (κ3) is 3.84. The standard InChI is InChI=1S/C20H17ClN4O4/c21-13-5-6-22-15(8-13)18(27)23-9-11-1-2-14-12(7-11)10-25(20(14)29)16-3-4-17(26)24-19(16)28/h1-2,5-8,16H,3-4,9-10H2,(H,23,27)(H,24,26,28). The highest BCUT2D eigenvalue weighted by atomic mass is 35.5. The number of carbonyl (C=O) groups excluding carboxylic acids is 4. The van der Waals surface area contributed by atoms with Gasteiger partial charge < -0.3 is 10.2 Å². The summed E-state index contributed by atoms with van der Waals surface area (Å²) in [5.41, 5.74) is 2.35. The number of piperidine rings is 1. The Balaban J connectivity index is 1.44. The van der Waals surface area contributed by atoms with Gasteiger partial charge in [0, 0.05) is 36.3 Å². The second kappa shape index (κ2) is 7.63. The highest BCUT2D eigenvalue weighted by Crippen LogP contribution is 2.28. The molecular weight excluding hydrogens is 396 g/mol. The van der Waals surface area contributed by atoms with Gasteiger partial charge in [-0.3, -0.25) is 29.5 Å². The van der Waals surface area contributed by atoms with E-state index in [2.05, 4.69) is 15.6 Å². The zero-order valence-electron chi connectivity index (χ0n) is 15.3. The minimum Gasteiger partial charge on any atom is -0.347 e. The zero-order chi connectivity index (χ0) is 20.5. The summed E-state index contributed by atoms with van der Waals surface area (Å²) in [7, 11) is 0. The maximum absolute atomic E-state index is 12.7. The predicted molar refractivity (Wildman–Crippen MR) is 103 cm³/mol. The Kier molecular flexibility index (Phi) is 5.02. The van der Waals surface area contributed by atoms with Gasteiger partial charge in [0.15, 0.2) is 0 Å². The van der Waals surface area contributed by atoms with E-state index in [1.807, 2.05) is 6.07 Å². The van der Waals surface area contributed by atoms with Crippen LogP contribution >= 0.6 is 11.6 Å². The van der Waals surface area contributed by atoms with Crippen LogP contribution in [0.2, 0.25) is 5.02 Å². The molecule has 2 aliphatic heterocycles. The second-order valence-electron chi connectivity index (χ2n) is 6.93. The van der Waals surface area contributed by atoms with E-state index in [0.29, 0.717) is 17.0 Å². The van der Waals surface area contributed by atoms with E-state index in [4.69, 9.17) is 11.6 Å². The fraction of sp³-hybridized carbons (Fsp3) is 0.250. The lowest BCUT2D eigenvalue weighted by Crippen LogP contribution is -2.52. The highest BCUT2D eigenvalue weighted by Gasteiger charge is 2.39. The number of rotatable bonds is 4. The monoisotopic (exact) mass is 412 g/mol. The molecule has 148 valence electrons.